The molecule has 0 amide bonds. The smallest absolute Gasteiger partial charge is 0.427 e. The summed E-state index contributed by atoms with van der Waals surface area (Å²) in [5.74, 6) is -79.5. The first kappa shape index (κ1) is 60.4. The highest BCUT2D eigenvalue weighted by Crippen LogP contribution is 2.62. The van der Waals surface area contributed by atoms with E-state index in [2.05, 4.69) is 0 Å². The number of thioether (sulfide) groups is 2. The van der Waals surface area contributed by atoms with Gasteiger partial charge in [0.2, 0.25) is 0 Å². The van der Waals surface area contributed by atoms with E-state index in [1.165, 1.54) is 0 Å². The summed E-state index contributed by atoms with van der Waals surface area (Å²) in [7, 11) is 0. The molecule has 0 fully saturated rings. The normalized spacial score (nSPS) is 14.6. The first-order valence-corrected chi connectivity index (χ1v) is 20.2. The molecule has 2 aromatic rings. The summed E-state index contributed by atoms with van der Waals surface area (Å²) in [6.45, 7) is 0. The van der Waals surface area contributed by atoms with Crippen LogP contribution in [-0.4, -0.2) is 95.0 Å². The van der Waals surface area contributed by atoms with E-state index in [0.717, 1.165) is 48.5 Å². The van der Waals surface area contributed by atoms with E-state index in [9.17, 15) is 124 Å². The largest absolute Gasteiger partial charge is 0.460 e. The number of carbonyl (C=O) groups is 2. The van der Waals surface area contributed by atoms with Crippen LogP contribution >= 0.6 is 23.5 Å². The van der Waals surface area contributed by atoms with E-state index in [1.807, 2.05) is 0 Å². The Morgan fingerprint density at radius 2 is 0.603 bits per heavy atom. The van der Waals surface area contributed by atoms with Crippen molar-refractivity contribution in [2.75, 3.05) is 11.5 Å². The summed E-state index contributed by atoms with van der Waals surface area (Å²) < 4.78 is 355. The zero-order valence-electron chi connectivity index (χ0n) is 33.0. The summed E-state index contributed by atoms with van der Waals surface area (Å²) in [4.78, 5) is 24.0. The molecule has 0 heterocycles. The first-order chi connectivity index (χ1) is 30.4. The average Bonchev–Trinajstić information content (AvgIpc) is 3.19. The molecule has 2 rings (SSSR count). The maximum absolute atomic E-state index is 14.0. The Balaban J connectivity index is 1.76. The highest BCUT2D eigenvalue weighted by Gasteiger charge is 2.92. The number of carbonyl (C=O) groups excluding carboxylic acids is 2. The van der Waals surface area contributed by atoms with Gasteiger partial charge in [-0.25, -0.2) is 0 Å². The number of halogens is 26. The van der Waals surface area contributed by atoms with Crippen LogP contribution in [0.2, 0.25) is 0 Å². The number of alkyl halides is 26. The second-order valence-electron chi connectivity index (χ2n) is 14.0. The van der Waals surface area contributed by atoms with Gasteiger partial charge >= 0.3 is 83.5 Å². The molecule has 390 valence electrons. The number of benzene rings is 2. The Kier molecular flexibility index (Phi) is 18.6. The molecule has 0 N–H and O–H groups in total. The first-order valence-electron chi connectivity index (χ1n) is 18.2. The van der Waals surface area contributed by atoms with Crippen molar-refractivity contribution in [1.82, 2.24) is 0 Å². The molecule has 2 aromatic carbocycles. The van der Waals surface area contributed by atoms with Gasteiger partial charge < -0.3 is 9.47 Å². The molecule has 32 heteroatoms. The van der Waals surface area contributed by atoms with Gasteiger partial charge in [0.15, 0.2) is 0 Å². The molecule has 0 radical (unpaired) electrons. The second kappa shape index (κ2) is 20.9. The highest BCUT2D eigenvalue weighted by atomic mass is 32.2. The Morgan fingerprint density at radius 1 is 0.353 bits per heavy atom. The molecule has 0 saturated carbocycles. The van der Waals surface area contributed by atoms with Crippen LogP contribution in [-0.2, 0) is 9.59 Å². The Labute approximate surface area is 372 Å². The molecule has 0 aliphatic carbocycles. The number of hydrogen-bond donors (Lipinski definition) is 0. The van der Waals surface area contributed by atoms with Crippen molar-refractivity contribution in [3.8, 4) is 11.5 Å². The zero-order chi connectivity index (χ0) is 53.0. The summed E-state index contributed by atoms with van der Waals surface area (Å²) in [6, 6.07) is 8.15. The molecule has 0 aliphatic rings. The van der Waals surface area contributed by atoms with Crippen molar-refractivity contribution in [2.24, 2.45) is 0 Å². The lowest BCUT2D eigenvalue weighted by Crippen LogP contribution is -2.70. The topological polar surface area (TPSA) is 52.6 Å². The minimum atomic E-state index is -8.01. The third-order valence-electron chi connectivity index (χ3n) is 8.99. The van der Waals surface area contributed by atoms with Crippen LogP contribution in [0.25, 0.3) is 0 Å². The van der Waals surface area contributed by atoms with Crippen molar-refractivity contribution >= 4 is 35.5 Å². The van der Waals surface area contributed by atoms with Crippen LogP contribution in [0.15, 0.2) is 58.3 Å². The average molecular weight is 1080 g/mol. The van der Waals surface area contributed by atoms with Crippen LogP contribution in [0.4, 0.5) is 114 Å². The predicted molar refractivity (Wildman–Crippen MR) is 184 cm³/mol. The predicted octanol–water partition coefficient (Wildman–Crippen LogP) is 15.0. The van der Waals surface area contributed by atoms with E-state index in [0.29, 0.717) is 12.8 Å². The zero-order valence-corrected chi connectivity index (χ0v) is 34.6. The molecule has 0 saturated heterocycles. The molecular weight excluding hydrogens is 1050 g/mol. The fraction of sp³-hybridized carbons (Fsp3) is 0.611. The van der Waals surface area contributed by atoms with Gasteiger partial charge in [-0.2, -0.15) is 114 Å². The molecule has 4 nitrogen and oxygen atoms in total. The van der Waals surface area contributed by atoms with E-state index in [-0.39, 0.29) is 70.5 Å². The lowest BCUT2D eigenvalue weighted by molar-refractivity contribution is -0.439. The molecule has 0 bridgehead atoms. The fourth-order valence-corrected chi connectivity index (χ4v) is 6.82. The summed E-state index contributed by atoms with van der Waals surface area (Å²) in [5.41, 5.74) is 0. The fourth-order valence-electron chi connectivity index (χ4n) is 4.98. The van der Waals surface area contributed by atoms with Gasteiger partial charge in [0.1, 0.15) is 11.5 Å². The van der Waals surface area contributed by atoms with Crippen molar-refractivity contribution in [1.29, 1.82) is 0 Å². The number of esters is 2. The SMILES string of the molecule is O=C(CCCCCCC(=O)Oc1ccc(SCCC(F)(F)C(F)(F)C(F)(F)C(F)(F)C(F)(F)C(F)(F)F)cc1)Oc1ccc(SCCC(F)(F)C(F)(F)C(F)(F)C(F)(F)C(F)(F)C(F)(F)F)cc1. The minimum absolute atomic E-state index is 0.116. The standard InChI is InChI=1S/C36H28F26O4S2/c37-25(38,27(41,42)29(45,46)31(49,50)33(53,54)35(57,58)59)15-17-67-21-11-7-19(8-12-21)65-23(63)5-3-1-2-4-6-24(64)66-20-9-13-22(14-10-20)68-18-16-26(39,40)28(43,44)30(47,48)32(51,52)34(55,56)36(60,61)62/h7-14H,1-6,15-18H2. The van der Waals surface area contributed by atoms with Crippen molar-refractivity contribution in [2.45, 2.75) is 133 Å². The van der Waals surface area contributed by atoms with Crippen LogP contribution in [0.1, 0.15) is 51.4 Å². The van der Waals surface area contributed by atoms with Crippen LogP contribution in [0.5, 0.6) is 11.5 Å². The third-order valence-corrected chi connectivity index (χ3v) is 11.0. The molecule has 0 aromatic heterocycles. The second-order valence-corrected chi connectivity index (χ2v) is 16.3. The Hall–Kier alpha value is -3.74. The molecule has 0 atom stereocenters. The summed E-state index contributed by atoms with van der Waals surface area (Å²) >= 11 is 0.378. The van der Waals surface area contributed by atoms with Crippen molar-refractivity contribution in [3.05, 3.63) is 48.5 Å². The summed E-state index contributed by atoms with van der Waals surface area (Å²) in [6.07, 6.45) is -19.4. The maximum Gasteiger partial charge on any atom is 0.460 e. The van der Waals surface area contributed by atoms with Crippen LogP contribution < -0.4 is 9.47 Å². The lowest BCUT2D eigenvalue weighted by Gasteiger charge is -2.39. The lowest BCUT2D eigenvalue weighted by atomic mass is 9.93. The molecule has 0 aliphatic heterocycles. The summed E-state index contributed by atoms with van der Waals surface area (Å²) in [5, 5.41) is 0. The number of rotatable bonds is 25. The maximum atomic E-state index is 14.0. The Morgan fingerprint density at radius 3 is 0.853 bits per heavy atom. The van der Waals surface area contributed by atoms with Gasteiger partial charge in [0, 0.05) is 47.0 Å². The third kappa shape index (κ3) is 12.4. The minimum Gasteiger partial charge on any atom is -0.427 e. The van der Waals surface area contributed by atoms with Crippen LogP contribution in [0, 0.1) is 0 Å². The number of hydrogen-bond acceptors (Lipinski definition) is 6. The van der Waals surface area contributed by atoms with Crippen molar-refractivity contribution < 1.29 is 133 Å². The number of ether oxygens (including phenoxy) is 2. The van der Waals surface area contributed by atoms with Crippen molar-refractivity contribution in [3.63, 3.8) is 0 Å². The van der Waals surface area contributed by atoms with E-state index >= 15 is 0 Å². The monoisotopic (exact) mass is 1080 g/mol. The van der Waals surface area contributed by atoms with E-state index in [4.69, 9.17) is 9.47 Å². The van der Waals surface area contributed by atoms with E-state index < -0.39 is 108 Å². The van der Waals surface area contributed by atoms with Gasteiger partial charge in [0.25, 0.3) is 0 Å². The van der Waals surface area contributed by atoms with E-state index in [1.54, 1.807) is 0 Å². The molecule has 68 heavy (non-hydrogen) atoms. The highest BCUT2D eigenvalue weighted by molar-refractivity contribution is 7.99. The van der Waals surface area contributed by atoms with Gasteiger partial charge in [-0.15, -0.1) is 23.5 Å². The van der Waals surface area contributed by atoms with Gasteiger partial charge in [-0.1, -0.05) is 12.8 Å². The van der Waals surface area contributed by atoms with Gasteiger partial charge in [-0.05, 0) is 61.4 Å². The number of unbranched alkanes of at least 4 members (excludes halogenated alkanes) is 3. The Bertz CT molecular complexity index is 1840. The van der Waals surface area contributed by atoms with Crippen LogP contribution in [0.3, 0.4) is 0 Å². The molecule has 0 spiro atoms. The molecular formula is C36H28F26O4S2. The van der Waals surface area contributed by atoms with Gasteiger partial charge in [0.05, 0.1) is 0 Å². The molecule has 0 unspecified atom stereocenters. The quantitative estimate of drug-likeness (QED) is 0.0325. The van der Waals surface area contributed by atoms with Gasteiger partial charge in [-0.3, -0.25) is 9.59 Å².